The third-order valence-corrected chi connectivity index (χ3v) is 2.01. The molecule has 64 valence electrons. The van der Waals surface area contributed by atoms with Crippen LogP contribution in [0.25, 0.3) is 0 Å². The van der Waals surface area contributed by atoms with Crippen molar-refractivity contribution in [2.24, 2.45) is 5.92 Å². The van der Waals surface area contributed by atoms with E-state index in [1.165, 1.54) is 0 Å². The van der Waals surface area contributed by atoms with Crippen LogP contribution in [-0.4, -0.2) is 33.5 Å². The smallest absolute Gasteiger partial charge is 0.306 e. The van der Waals surface area contributed by atoms with Crippen molar-refractivity contribution in [2.45, 2.75) is 31.5 Å². The second-order valence-corrected chi connectivity index (χ2v) is 3.05. The summed E-state index contributed by atoms with van der Waals surface area (Å²) in [5.41, 5.74) is 0. The van der Waals surface area contributed by atoms with E-state index in [-0.39, 0.29) is 12.8 Å². The Morgan fingerprint density at radius 2 is 1.55 bits per heavy atom. The molecule has 0 aromatic carbocycles. The average Bonchev–Trinajstić information content (AvgIpc) is 1.85. The molecule has 3 N–H and O–H groups in total. The van der Waals surface area contributed by atoms with E-state index in [9.17, 15) is 4.79 Å². The van der Waals surface area contributed by atoms with Crippen LogP contribution in [-0.2, 0) is 4.79 Å². The van der Waals surface area contributed by atoms with Gasteiger partial charge in [-0.05, 0) is 19.3 Å². The van der Waals surface area contributed by atoms with E-state index in [1.54, 1.807) is 0 Å². The quantitative estimate of drug-likeness (QED) is 0.487. The zero-order chi connectivity index (χ0) is 8.43. The lowest BCUT2D eigenvalue weighted by molar-refractivity contribution is -0.146. The van der Waals surface area contributed by atoms with Crippen molar-refractivity contribution in [3.63, 3.8) is 0 Å². The van der Waals surface area contributed by atoms with Gasteiger partial charge in [0.1, 0.15) is 0 Å². The van der Waals surface area contributed by atoms with Gasteiger partial charge in [0.25, 0.3) is 0 Å². The molecule has 4 heteroatoms. The average molecular weight is 160 g/mol. The van der Waals surface area contributed by atoms with Crippen LogP contribution >= 0.6 is 0 Å². The lowest BCUT2D eigenvalue weighted by atomic mass is 9.85. The standard InChI is InChI=1S/C7H12O4/c8-5-1-4(7(10)11)2-6(9)3-5/h4-6,8-9H,1-3H2,(H,10,11)/t5-,6-/m1/s1. The Morgan fingerprint density at radius 3 is 1.91 bits per heavy atom. The maximum Gasteiger partial charge on any atom is 0.306 e. The normalized spacial score (nSPS) is 38.5. The molecule has 4 nitrogen and oxygen atoms in total. The van der Waals surface area contributed by atoms with Crippen LogP contribution in [0.2, 0.25) is 0 Å². The van der Waals surface area contributed by atoms with Gasteiger partial charge in [-0.15, -0.1) is 0 Å². The highest BCUT2D eigenvalue weighted by Gasteiger charge is 2.30. The van der Waals surface area contributed by atoms with Gasteiger partial charge >= 0.3 is 5.97 Å². The van der Waals surface area contributed by atoms with Gasteiger partial charge in [-0.25, -0.2) is 0 Å². The summed E-state index contributed by atoms with van der Waals surface area (Å²) in [5.74, 6) is -1.50. The molecular formula is C7H12O4. The Hall–Kier alpha value is -0.610. The zero-order valence-corrected chi connectivity index (χ0v) is 6.10. The molecule has 1 aliphatic rings. The Labute approximate surface area is 64.5 Å². The molecule has 0 bridgehead atoms. The van der Waals surface area contributed by atoms with Crippen molar-refractivity contribution in [1.82, 2.24) is 0 Å². The predicted octanol–water partition coefficient (Wildman–Crippen LogP) is -0.407. The van der Waals surface area contributed by atoms with Crippen LogP contribution in [0, 0.1) is 5.92 Å². The molecule has 0 aromatic rings. The fourth-order valence-electron chi connectivity index (χ4n) is 1.46. The number of hydrogen-bond acceptors (Lipinski definition) is 3. The van der Waals surface area contributed by atoms with Crippen molar-refractivity contribution >= 4 is 5.97 Å². The molecule has 0 amide bonds. The van der Waals surface area contributed by atoms with Crippen LogP contribution in [0.4, 0.5) is 0 Å². The maximum absolute atomic E-state index is 10.4. The van der Waals surface area contributed by atoms with Crippen molar-refractivity contribution in [3.05, 3.63) is 0 Å². The molecule has 11 heavy (non-hydrogen) atoms. The molecule has 0 aliphatic heterocycles. The molecule has 1 fully saturated rings. The second-order valence-electron chi connectivity index (χ2n) is 3.05. The highest BCUT2D eigenvalue weighted by atomic mass is 16.4. The number of aliphatic hydroxyl groups is 2. The summed E-state index contributed by atoms with van der Waals surface area (Å²) < 4.78 is 0. The largest absolute Gasteiger partial charge is 0.481 e. The van der Waals surface area contributed by atoms with Gasteiger partial charge in [-0.3, -0.25) is 4.79 Å². The molecule has 1 aliphatic carbocycles. The van der Waals surface area contributed by atoms with Gasteiger partial charge in [-0.1, -0.05) is 0 Å². The van der Waals surface area contributed by atoms with Crippen LogP contribution in [0.3, 0.4) is 0 Å². The second kappa shape index (κ2) is 3.19. The number of aliphatic hydroxyl groups excluding tert-OH is 2. The first-order valence-corrected chi connectivity index (χ1v) is 3.68. The maximum atomic E-state index is 10.4. The predicted molar refractivity (Wildman–Crippen MR) is 37.0 cm³/mol. The van der Waals surface area contributed by atoms with Gasteiger partial charge in [0.05, 0.1) is 18.1 Å². The molecule has 1 rings (SSSR count). The minimum Gasteiger partial charge on any atom is -0.481 e. The summed E-state index contributed by atoms with van der Waals surface area (Å²) in [4.78, 5) is 10.4. The lowest BCUT2D eigenvalue weighted by Gasteiger charge is -2.26. The van der Waals surface area contributed by atoms with E-state index in [0.717, 1.165) is 0 Å². The summed E-state index contributed by atoms with van der Waals surface area (Å²) in [7, 11) is 0. The minimum atomic E-state index is -0.928. The minimum absolute atomic E-state index is 0.270. The summed E-state index contributed by atoms with van der Waals surface area (Å²) in [6.07, 6.45) is -0.456. The molecule has 0 radical (unpaired) electrons. The number of hydrogen-bond donors (Lipinski definition) is 3. The Kier molecular flexibility index (Phi) is 2.46. The Morgan fingerprint density at radius 1 is 1.09 bits per heavy atom. The SMILES string of the molecule is O=C(O)C1C[C@@H](O)C[C@H](O)C1. The fourth-order valence-corrected chi connectivity index (χ4v) is 1.46. The summed E-state index contributed by atoms with van der Waals surface area (Å²) >= 11 is 0. The third-order valence-electron chi connectivity index (χ3n) is 2.01. The monoisotopic (exact) mass is 160 g/mol. The van der Waals surface area contributed by atoms with Crippen LogP contribution < -0.4 is 0 Å². The Bertz CT molecular complexity index is 147. The first kappa shape index (κ1) is 8.49. The van der Waals surface area contributed by atoms with Crippen molar-refractivity contribution in [2.75, 3.05) is 0 Å². The first-order chi connectivity index (χ1) is 5.09. The van der Waals surface area contributed by atoms with E-state index >= 15 is 0 Å². The van der Waals surface area contributed by atoms with Crippen LogP contribution in [0.1, 0.15) is 19.3 Å². The highest BCUT2D eigenvalue weighted by Crippen LogP contribution is 2.24. The van der Waals surface area contributed by atoms with E-state index in [2.05, 4.69) is 0 Å². The number of carboxylic acid groups (broad SMARTS) is 1. The van der Waals surface area contributed by atoms with Crippen molar-refractivity contribution in [3.8, 4) is 0 Å². The molecule has 0 aromatic heterocycles. The van der Waals surface area contributed by atoms with E-state index in [0.29, 0.717) is 6.42 Å². The van der Waals surface area contributed by atoms with Crippen LogP contribution in [0.5, 0.6) is 0 Å². The number of rotatable bonds is 1. The van der Waals surface area contributed by atoms with E-state index in [4.69, 9.17) is 15.3 Å². The highest BCUT2D eigenvalue weighted by molar-refractivity contribution is 5.70. The molecule has 0 spiro atoms. The number of aliphatic carboxylic acids is 1. The van der Waals surface area contributed by atoms with Crippen molar-refractivity contribution in [1.29, 1.82) is 0 Å². The number of carbonyl (C=O) groups is 1. The van der Waals surface area contributed by atoms with E-state index in [1.807, 2.05) is 0 Å². The molecular weight excluding hydrogens is 148 g/mol. The lowest BCUT2D eigenvalue weighted by Crippen LogP contribution is -2.33. The molecule has 0 heterocycles. The number of carboxylic acids is 1. The van der Waals surface area contributed by atoms with Gasteiger partial charge in [-0.2, -0.15) is 0 Å². The molecule has 2 atom stereocenters. The third kappa shape index (κ3) is 2.17. The van der Waals surface area contributed by atoms with E-state index < -0.39 is 24.1 Å². The molecule has 1 saturated carbocycles. The van der Waals surface area contributed by atoms with Gasteiger partial charge in [0.2, 0.25) is 0 Å². The van der Waals surface area contributed by atoms with Crippen LogP contribution in [0.15, 0.2) is 0 Å². The van der Waals surface area contributed by atoms with Gasteiger partial charge < -0.3 is 15.3 Å². The molecule has 0 unspecified atom stereocenters. The van der Waals surface area contributed by atoms with Crippen molar-refractivity contribution < 1.29 is 20.1 Å². The molecule has 0 saturated heterocycles. The first-order valence-electron chi connectivity index (χ1n) is 3.68. The fraction of sp³-hybridized carbons (Fsp3) is 0.857. The van der Waals surface area contributed by atoms with Gasteiger partial charge in [0, 0.05) is 0 Å². The topological polar surface area (TPSA) is 77.8 Å². The van der Waals surface area contributed by atoms with Gasteiger partial charge in [0.15, 0.2) is 0 Å². The summed E-state index contributed by atoms with van der Waals surface area (Å²) in [5, 5.41) is 26.7. The zero-order valence-electron chi connectivity index (χ0n) is 6.10. The summed E-state index contributed by atoms with van der Waals surface area (Å²) in [6, 6.07) is 0. The summed E-state index contributed by atoms with van der Waals surface area (Å²) in [6.45, 7) is 0. The Balaban J connectivity index is 2.49.